The summed E-state index contributed by atoms with van der Waals surface area (Å²) in [6.45, 7) is 2.37. The van der Waals surface area contributed by atoms with Gasteiger partial charge in [0.25, 0.3) is 5.91 Å². The summed E-state index contributed by atoms with van der Waals surface area (Å²) in [6.07, 6.45) is 2.73. The van der Waals surface area contributed by atoms with E-state index in [1.807, 2.05) is 37.3 Å². The van der Waals surface area contributed by atoms with Crippen molar-refractivity contribution < 1.29 is 18.9 Å². The Morgan fingerprint density at radius 3 is 2.74 bits per heavy atom. The van der Waals surface area contributed by atoms with E-state index in [4.69, 9.17) is 15.2 Å². The Labute approximate surface area is 200 Å². The number of ether oxygens (including phenoxy) is 2. The Morgan fingerprint density at radius 2 is 2.03 bits per heavy atom. The van der Waals surface area contributed by atoms with E-state index >= 15 is 0 Å². The third-order valence-corrected chi connectivity index (χ3v) is 4.97. The fourth-order valence-electron chi connectivity index (χ4n) is 3.28. The molecule has 0 aliphatic rings. The summed E-state index contributed by atoms with van der Waals surface area (Å²) in [5.41, 5.74) is 10.6. The molecule has 2 heterocycles. The van der Waals surface area contributed by atoms with Crippen LogP contribution in [-0.4, -0.2) is 44.5 Å². The average Bonchev–Trinajstić information content (AvgIpc) is 3.49. The highest BCUT2D eigenvalue weighted by Crippen LogP contribution is 2.28. The topological polar surface area (TPSA) is 156 Å². The minimum absolute atomic E-state index is 0.0439. The number of nitrogens with two attached hydrogens (primary N) is 1. The SMILES string of the molecule is CCCc1c(C(=O)NN=Cc2ccc(OCc3ccccc3)c(OC)c2)nnn1-c1nonc1N. The Bertz CT molecular complexity index is 1320. The molecule has 1 amide bonds. The van der Waals surface area contributed by atoms with Crippen molar-refractivity contribution in [3.05, 3.63) is 71.0 Å². The van der Waals surface area contributed by atoms with E-state index in [0.29, 0.717) is 35.8 Å². The molecule has 0 aliphatic heterocycles. The van der Waals surface area contributed by atoms with Crippen LogP contribution in [0.15, 0.2) is 58.3 Å². The van der Waals surface area contributed by atoms with Crippen LogP contribution in [0.1, 0.15) is 40.7 Å². The average molecular weight is 476 g/mol. The van der Waals surface area contributed by atoms with Gasteiger partial charge in [-0.25, -0.2) is 10.1 Å². The van der Waals surface area contributed by atoms with Gasteiger partial charge in [-0.15, -0.1) is 5.10 Å². The number of carbonyl (C=O) groups is 1. The first-order chi connectivity index (χ1) is 17.1. The van der Waals surface area contributed by atoms with Crippen molar-refractivity contribution in [2.24, 2.45) is 5.10 Å². The second-order valence-electron chi connectivity index (χ2n) is 7.40. The van der Waals surface area contributed by atoms with E-state index in [9.17, 15) is 4.79 Å². The van der Waals surface area contributed by atoms with Gasteiger partial charge in [-0.1, -0.05) is 48.9 Å². The second kappa shape index (κ2) is 10.9. The number of anilines is 1. The van der Waals surface area contributed by atoms with Gasteiger partial charge < -0.3 is 15.2 Å². The molecule has 0 atom stereocenters. The van der Waals surface area contributed by atoms with Crippen molar-refractivity contribution in [1.29, 1.82) is 0 Å². The Hall–Kier alpha value is -4.74. The van der Waals surface area contributed by atoms with Crippen LogP contribution in [0.4, 0.5) is 5.82 Å². The molecule has 2 aromatic heterocycles. The fourth-order valence-corrected chi connectivity index (χ4v) is 3.28. The second-order valence-corrected chi connectivity index (χ2v) is 7.40. The molecule has 0 saturated carbocycles. The number of nitrogens with one attached hydrogen (secondary N) is 1. The molecule has 3 N–H and O–H groups in total. The normalized spacial score (nSPS) is 11.0. The van der Waals surface area contributed by atoms with Crippen LogP contribution in [0.25, 0.3) is 5.82 Å². The Morgan fingerprint density at radius 1 is 1.20 bits per heavy atom. The maximum absolute atomic E-state index is 12.7. The van der Waals surface area contributed by atoms with Gasteiger partial charge in [0.15, 0.2) is 17.2 Å². The molecular formula is C23H24N8O4. The molecule has 0 radical (unpaired) electrons. The van der Waals surface area contributed by atoms with Gasteiger partial charge in [-0.2, -0.15) is 9.78 Å². The van der Waals surface area contributed by atoms with Crippen LogP contribution in [-0.2, 0) is 13.0 Å². The summed E-state index contributed by atoms with van der Waals surface area (Å²) in [4.78, 5) is 12.7. The molecule has 4 rings (SSSR count). The van der Waals surface area contributed by atoms with E-state index in [1.165, 1.54) is 10.9 Å². The van der Waals surface area contributed by atoms with Gasteiger partial charge in [-0.05, 0) is 46.1 Å². The summed E-state index contributed by atoms with van der Waals surface area (Å²) in [5, 5.41) is 19.2. The van der Waals surface area contributed by atoms with Crippen molar-refractivity contribution >= 4 is 17.9 Å². The summed E-state index contributed by atoms with van der Waals surface area (Å²) < 4.78 is 17.3. The van der Waals surface area contributed by atoms with Crippen molar-refractivity contribution in [2.45, 2.75) is 26.4 Å². The molecule has 12 nitrogen and oxygen atoms in total. The van der Waals surface area contributed by atoms with Crippen LogP contribution in [0.2, 0.25) is 0 Å². The molecule has 0 unspecified atom stereocenters. The van der Waals surface area contributed by atoms with Crippen LogP contribution in [0, 0.1) is 0 Å². The lowest BCUT2D eigenvalue weighted by Crippen LogP contribution is -2.20. The fraction of sp³-hybridized carbons (Fsp3) is 0.217. The standard InChI is InChI=1S/C23H24N8O4/c1-3-7-17-20(26-30-31(17)22-21(24)28-35-29-22)23(32)27-25-13-16-10-11-18(19(12-16)33-2)34-14-15-8-5-4-6-9-15/h4-6,8-13H,3,7,14H2,1-2H3,(H2,24,28)(H,27,32). The van der Waals surface area contributed by atoms with Crippen LogP contribution in [0.3, 0.4) is 0 Å². The molecule has 12 heteroatoms. The number of rotatable bonds is 10. The van der Waals surface area contributed by atoms with E-state index < -0.39 is 5.91 Å². The molecular weight excluding hydrogens is 452 g/mol. The minimum Gasteiger partial charge on any atom is -0.493 e. The lowest BCUT2D eigenvalue weighted by atomic mass is 10.2. The predicted octanol–water partition coefficient (Wildman–Crippen LogP) is 2.54. The molecule has 2 aromatic carbocycles. The smallest absolute Gasteiger partial charge is 0.293 e. The van der Waals surface area contributed by atoms with Crippen molar-refractivity contribution in [3.8, 4) is 17.3 Å². The lowest BCUT2D eigenvalue weighted by Gasteiger charge is -2.11. The number of hydrazone groups is 1. The van der Waals surface area contributed by atoms with Crippen LogP contribution in [0.5, 0.6) is 11.5 Å². The number of amides is 1. The first-order valence-electron chi connectivity index (χ1n) is 10.8. The van der Waals surface area contributed by atoms with Crippen molar-refractivity contribution in [1.82, 2.24) is 30.7 Å². The quantitative estimate of drug-likeness (QED) is 0.259. The Kier molecular flexibility index (Phi) is 7.31. The molecule has 0 saturated heterocycles. The van der Waals surface area contributed by atoms with E-state index in [1.54, 1.807) is 25.3 Å². The number of benzene rings is 2. The zero-order valence-corrected chi connectivity index (χ0v) is 19.2. The summed E-state index contributed by atoms with van der Waals surface area (Å²) in [7, 11) is 1.56. The van der Waals surface area contributed by atoms with Gasteiger partial charge in [0.05, 0.1) is 19.0 Å². The largest absolute Gasteiger partial charge is 0.493 e. The van der Waals surface area contributed by atoms with E-state index in [-0.39, 0.29) is 17.3 Å². The summed E-state index contributed by atoms with van der Waals surface area (Å²) in [5.74, 6) is 0.830. The van der Waals surface area contributed by atoms with Crippen molar-refractivity contribution in [3.63, 3.8) is 0 Å². The van der Waals surface area contributed by atoms with E-state index in [0.717, 1.165) is 12.0 Å². The molecule has 4 aromatic rings. The lowest BCUT2D eigenvalue weighted by molar-refractivity contribution is 0.0949. The van der Waals surface area contributed by atoms with E-state index in [2.05, 4.69) is 35.8 Å². The maximum Gasteiger partial charge on any atom is 0.293 e. The first-order valence-corrected chi connectivity index (χ1v) is 10.8. The highest BCUT2D eigenvalue weighted by atomic mass is 16.6. The number of carbonyl (C=O) groups excluding carboxylic acids is 1. The molecule has 0 spiro atoms. The maximum atomic E-state index is 12.7. The number of hydrogen-bond acceptors (Lipinski definition) is 10. The van der Waals surface area contributed by atoms with Crippen LogP contribution >= 0.6 is 0 Å². The monoisotopic (exact) mass is 476 g/mol. The molecule has 0 fully saturated rings. The van der Waals surface area contributed by atoms with Gasteiger partial charge in [0.1, 0.15) is 6.61 Å². The first kappa shape index (κ1) is 23.4. The summed E-state index contributed by atoms with van der Waals surface area (Å²) in [6, 6.07) is 15.2. The Balaban J connectivity index is 1.44. The highest BCUT2D eigenvalue weighted by Gasteiger charge is 2.23. The number of nitrogens with zero attached hydrogens (tertiary/aromatic N) is 6. The van der Waals surface area contributed by atoms with Crippen LogP contribution < -0.4 is 20.6 Å². The van der Waals surface area contributed by atoms with Crippen molar-refractivity contribution in [2.75, 3.05) is 12.8 Å². The summed E-state index contributed by atoms with van der Waals surface area (Å²) >= 11 is 0. The zero-order valence-electron chi connectivity index (χ0n) is 19.2. The predicted molar refractivity (Wildman–Crippen MR) is 126 cm³/mol. The zero-order chi connectivity index (χ0) is 24.6. The number of hydrogen-bond donors (Lipinski definition) is 2. The molecule has 0 bridgehead atoms. The number of methoxy groups -OCH3 is 1. The molecule has 0 aliphatic carbocycles. The third-order valence-electron chi connectivity index (χ3n) is 4.97. The van der Waals surface area contributed by atoms with Gasteiger partial charge >= 0.3 is 0 Å². The van der Waals surface area contributed by atoms with Gasteiger partial charge in [0, 0.05) is 0 Å². The number of aromatic nitrogens is 5. The molecule has 35 heavy (non-hydrogen) atoms. The number of nitrogen functional groups attached to an aromatic ring is 1. The third kappa shape index (κ3) is 5.43. The van der Waals surface area contributed by atoms with Gasteiger partial charge in [-0.3, -0.25) is 4.79 Å². The van der Waals surface area contributed by atoms with Gasteiger partial charge in [0.2, 0.25) is 11.6 Å². The molecule has 180 valence electrons. The minimum atomic E-state index is -0.527. The highest BCUT2D eigenvalue weighted by molar-refractivity contribution is 5.94.